The molecule has 0 saturated carbocycles. The fraction of sp³-hybridized carbons (Fsp3) is 0.321. The Morgan fingerprint density at radius 1 is 1.09 bits per heavy atom. The minimum absolute atomic E-state index is 0.185. The van der Waals surface area contributed by atoms with Crippen molar-refractivity contribution in [3.05, 3.63) is 78.1 Å². The van der Waals surface area contributed by atoms with E-state index in [-0.39, 0.29) is 18.3 Å². The van der Waals surface area contributed by atoms with Gasteiger partial charge >= 0.3 is 0 Å². The first-order chi connectivity index (χ1) is 16.6. The van der Waals surface area contributed by atoms with Crippen LogP contribution < -0.4 is 10.1 Å². The lowest BCUT2D eigenvalue weighted by molar-refractivity contribution is 0.0599. The predicted octanol–water partition coefficient (Wildman–Crippen LogP) is 4.56. The van der Waals surface area contributed by atoms with Gasteiger partial charge in [0.15, 0.2) is 5.76 Å². The highest BCUT2D eigenvalue weighted by molar-refractivity contribution is 5.97. The van der Waals surface area contributed by atoms with Crippen molar-refractivity contribution in [1.82, 2.24) is 10.2 Å². The molecule has 4 aromatic rings. The van der Waals surface area contributed by atoms with E-state index < -0.39 is 6.10 Å². The van der Waals surface area contributed by atoms with E-state index in [0.717, 1.165) is 31.3 Å². The number of carbonyl (C=O) groups excluding carboxylic acids is 1. The van der Waals surface area contributed by atoms with Gasteiger partial charge < -0.3 is 24.5 Å². The first kappa shape index (κ1) is 22.4. The largest absolute Gasteiger partial charge is 0.490 e. The summed E-state index contributed by atoms with van der Waals surface area (Å²) in [4.78, 5) is 14.2. The van der Waals surface area contributed by atoms with Crippen LogP contribution in [0.5, 0.6) is 5.75 Å². The van der Waals surface area contributed by atoms with Crippen LogP contribution >= 0.6 is 0 Å². The Kier molecular flexibility index (Phi) is 6.52. The SMILES string of the molecule is CNC(=O)c1cc2c(OC[C@@H](O)CN3CCC(c4ccc5ccccc5c4)CC3)cccc2o1. The molecule has 1 aromatic heterocycles. The van der Waals surface area contributed by atoms with Crippen molar-refractivity contribution in [2.75, 3.05) is 33.3 Å². The van der Waals surface area contributed by atoms with Crippen LogP contribution in [0, 0.1) is 0 Å². The molecule has 1 amide bonds. The molecule has 0 spiro atoms. The molecule has 2 N–H and O–H groups in total. The van der Waals surface area contributed by atoms with E-state index in [2.05, 4.69) is 52.7 Å². The Bertz CT molecular complexity index is 1290. The maximum Gasteiger partial charge on any atom is 0.286 e. The van der Waals surface area contributed by atoms with E-state index in [4.69, 9.17) is 9.15 Å². The number of amides is 1. The van der Waals surface area contributed by atoms with E-state index in [1.807, 2.05) is 12.1 Å². The van der Waals surface area contributed by atoms with Gasteiger partial charge in [-0.05, 0) is 60.3 Å². The Hall–Kier alpha value is -3.35. The summed E-state index contributed by atoms with van der Waals surface area (Å²) in [5, 5.41) is 16.5. The lowest BCUT2D eigenvalue weighted by Gasteiger charge is -2.33. The normalized spacial score (nSPS) is 16.1. The predicted molar refractivity (Wildman–Crippen MR) is 133 cm³/mol. The first-order valence-electron chi connectivity index (χ1n) is 11.9. The van der Waals surface area contributed by atoms with E-state index in [9.17, 15) is 9.90 Å². The van der Waals surface area contributed by atoms with Gasteiger partial charge in [-0.25, -0.2) is 0 Å². The topological polar surface area (TPSA) is 74.9 Å². The van der Waals surface area contributed by atoms with Crippen molar-refractivity contribution in [2.45, 2.75) is 24.9 Å². The van der Waals surface area contributed by atoms with Gasteiger partial charge in [-0.3, -0.25) is 4.79 Å². The number of hydrogen-bond donors (Lipinski definition) is 2. The number of rotatable bonds is 7. The van der Waals surface area contributed by atoms with Crippen molar-refractivity contribution in [2.24, 2.45) is 0 Å². The molecule has 6 heteroatoms. The van der Waals surface area contributed by atoms with Gasteiger partial charge in [-0.15, -0.1) is 0 Å². The summed E-state index contributed by atoms with van der Waals surface area (Å²) in [6, 6.07) is 22.4. The third-order valence-electron chi connectivity index (χ3n) is 6.70. The van der Waals surface area contributed by atoms with E-state index in [1.54, 1.807) is 19.2 Å². The van der Waals surface area contributed by atoms with Crippen molar-refractivity contribution in [3.8, 4) is 5.75 Å². The zero-order valence-electron chi connectivity index (χ0n) is 19.4. The van der Waals surface area contributed by atoms with Crippen LogP contribution in [0.15, 0.2) is 71.1 Å². The van der Waals surface area contributed by atoms with Gasteiger partial charge in [0.2, 0.25) is 0 Å². The van der Waals surface area contributed by atoms with Gasteiger partial charge in [0.05, 0.1) is 5.39 Å². The summed E-state index contributed by atoms with van der Waals surface area (Å²) in [5.74, 6) is 1.12. The number of β-amino-alcohol motifs (C(OH)–C–C–N with tert-alkyl or cyclic N) is 1. The second-order valence-corrected chi connectivity index (χ2v) is 9.00. The lowest BCUT2D eigenvalue weighted by Crippen LogP contribution is -2.40. The quantitative estimate of drug-likeness (QED) is 0.425. The van der Waals surface area contributed by atoms with Gasteiger partial charge in [0, 0.05) is 19.7 Å². The number of furan rings is 1. The Morgan fingerprint density at radius 2 is 1.88 bits per heavy atom. The van der Waals surface area contributed by atoms with Crippen LogP contribution in [-0.4, -0.2) is 55.3 Å². The highest BCUT2D eigenvalue weighted by Crippen LogP contribution is 2.31. The van der Waals surface area contributed by atoms with Crippen molar-refractivity contribution >= 4 is 27.6 Å². The number of aliphatic hydroxyl groups is 1. The first-order valence-corrected chi connectivity index (χ1v) is 11.9. The fourth-order valence-corrected chi connectivity index (χ4v) is 4.84. The molecule has 1 aliphatic heterocycles. The molecule has 2 heterocycles. The van der Waals surface area contributed by atoms with E-state index >= 15 is 0 Å². The van der Waals surface area contributed by atoms with Crippen LogP contribution in [0.1, 0.15) is 34.9 Å². The third kappa shape index (κ3) is 4.79. The number of piperidine rings is 1. The van der Waals surface area contributed by atoms with Crippen LogP contribution in [0.4, 0.5) is 0 Å². The number of carbonyl (C=O) groups is 1. The number of benzene rings is 3. The summed E-state index contributed by atoms with van der Waals surface area (Å²) >= 11 is 0. The number of nitrogens with zero attached hydrogens (tertiary/aromatic N) is 1. The van der Waals surface area contributed by atoms with Crippen LogP contribution in [0.3, 0.4) is 0 Å². The molecule has 1 atom stereocenters. The molecular formula is C28H30N2O4. The highest BCUT2D eigenvalue weighted by Gasteiger charge is 2.23. The second kappa shape index (κ2) is 9.87. The molecule has 5 rings (SSSR count). The molecule has 34 heavy (non-hydrogen) atoms. The summed E-state index contributed by atoms with van der Waals surface area (Å²) in [6.45, 7) is 2.68. The van der Waals surface area contributed by atoms with Crippen molar-refractivity contribution in [3.63, 3.8) is 0 Å². The fourth-order valence-electron chi connectivity index (χ4n) is 4.84. The van der Waals surface area contributed by atoms with Crippen LogP contribution in [0.25, 0.3) is 21.7 Å². The van der Waals surface area contributed by atoms with Gasteiger partial charge in [0.25, 0.3) is 5.91 Å². The third-order valence-corrected chi connectivity index (χ3v) is 6.70. The number of aliphatic hydroxyl groups excluding tert-OH is 1. The smallest absolute Gasteiger partial charge is 0.286 e. The standard InChI is InChI=1S/C28H30N2O4/c1-29-28(32)27-16-24-25(7-4-8-26(24)34-27)33-18-23(31)17-30-13-11-20(12-14-30)22-10-9-19-5-2-3-6-21(19)15-22/h2-10,15-16,20,23,31H,11-14,17-18H2,1H3,(H,29,32)/t23-/m0/s1. The number of nitrogens with one attached hydrogen (secondary N) is 1. The molecule has 0 radical (unpaired) electrons. The minimum atomic E-state index is -0.599. The summed E-state index contributed by atoms with van der Waals surface area (Å²) in [7, 11) is 1.56. The van der Waals surface area contributed by atoms with Crippen LogP contribution in [-0.2, 0) is 0 Å². The summed E-state index contributed by atoms with van der Waals surface area (Å²) < 4.78 is 11.5. The molecule has 0 unspecified atom stereocenters. The number of likely N-dealkylation sites (tertiary alicyclic amines) is 1. The molecule has 0 aliphatic carbocycles. The average Bonchev–Trinajstić information content (AvgIpc) is 3.32. The molecular weight excluding hydrogens is 428 g/mol. The number of fused-ring (bicyclic) bond motifs is 2. The van der Waals surface area contributed by atoms with E-state index in [1.165, 1.54) is 16.3 Å². The maximum atomic E-state index is 11.9. The van der Waals surface area contributed by atoms with Gasteiger partial charge in [-0.1, -0.05) is 48.5 Å². The van der Waals surface area contributed by atoms with E-state index in [0.29, 0.717) is 23.8 Å². The molecule has 176 valence electrons. The Morgan fingerprint density at radius 3 is 2.68 bits per heavy atom. The number of ether oxygens (including phenoxy) is 1. The average molecular weight is 459 g/mol. The molecule has 1 aliphatic rings. The molecule has 6 nitrogen and oxygen atoms in total. The zero-order chi connectivity index (χ0) is 23.5. The van der Waals surface area contributed by atoms with Gasteiger partial charge in [0.1, 0.15) is 24.0 Å². The number of hydrogen-bond acceptors (Lipinski definition) is 5. The maximum absolute atomic E-state index is 11.9. The molecule has 1 saturated heterocycles. The van der Waals surface area contributed by atoms with Crippen LogP contribution in [0.2, 0.25) is 0 Å². The minimum Gasteiger partial charge on any atom is -0.490 e. The second-order valence-electron chi connectivity index (χ2n) is 9.00. The monoisotopic (exact) mass is 458 g/mol. The molecule has 1 fully saturated rings. The Labute approximate surface area is 199 Å². The molecule has 3 aromatic carbocycles. The summed E-state index contributed by atoms with van der Waals surface area (Å²) in [6.07, 6.45) is 1.57. The summed E-state index contributed by atoms with van der Waals surface area (Å²) in [5.41, 5.74) is 1.99. The van der Waals surface area contributed by atoms with Gasteiger partial charge in [-0.2, -0.15) is 0 Å². The zero-order valence-corrected chi connectivity index (χ0v) is 19.4. The molecule has 0 bridgehead atoms. The lowest BCUT2D eigenvalue weighted by atomic mass is 9.88. The van der Waals surface area contributed by atoms with Crippen molar-refractivity contribution < 1.29 is 19.1 Å². The highest BCUT2D eigenvalue weighted by atomic mass is 16.5. The Balaban J connectivity index is 1.14. The van der Waals surface area contributed by atoms with Crippen molar-refractivity contribution in [1.29, 1.82) is 0 Å².